The number of hydrogen-bond acceptors (Lipinski definition) is 6. The number of pyridine rings is 2. The van der Waals surface area contributed by atoms with Crippen LogP contribution in [0, 0.1) is 0 Å². The smallest absolute Gasteiger partial charge is 0.242 e. The molecule has 1 aromatic carbocycles. The highest BCUT2D eigenvalue weighted by Gasteiger charge is 2.21. The Labute approximate surface area is 170 Å². The van der Waals surface area contributed by atoms with E-state index in [2.05, 4.69) is 20.6 Å². The summed E-state index contributed by atoms with van der Waals surface area (Å²) in [6, 6.07) is 12.5. The van der Waals surface area contributed by atoms with Gasteiger partial charge in [0, 0.05) is 37.9 Å². The molecule has 2 aromatic heterocycles. The molecule has 0 aliphatic carbocycles. The molecule has 0 aliphatic heterocycles. The average molecular weight is 392 g/mol. The molecule has 3 rings (SSSR count). The number of benzene rings is 1. The topological polar surface area (TPSA) is 85.4 Å². The summed E-state index contributed by atoms with van der Waals surface area (Å²) < 4.78 is 10.7. The summed E-state index contributed by atoms with van der Waals surface area (Å²) in [6.07, 6.45) is 6.92. The van der Waals surface area contributed by atoms with Gasteiger partial charge in [-0.1, -0.05) is 18.2 Å². The summed E-state index contributed by atoms with van der Waals surface area (Å²) in [5.74, 6) is 1.03. The van der Waals surface area contributed by atoms with Gasteiger partial charge in [0.2, 0.25) is 5.91 Å². The van der Waals surface area contributed by atoms with E-state index in [0.717, 1.165) is 16.7 Å². The van der Waals surface area contributed by atoms with Gasteiger partial charge >= 0.3 is 0 Å². The van der Waals surface area contributed by atoms with Crippen LogP contribution in [0.25, 0.3) is 0 Å². The van der Waals surface area contributed by atoms with E-state index in [1.165, 1.54) is 0 Å². The van der Waals surface area contributed by atoms with E-state index in [4.69, 9.17) is 9.47 Å². The SMILES string of the molecule is COc1ccc(C(NCc2cccnc2)C(=O)NCc2cccnc2)cc1OC. The third kappa shape index (κ3) is 5.52. The maximum absolute atomic E-state index is 13.0. The second-order valence-corrected chi connectivity index (χ2v) is 6.37. The van der Waals surface area contributed by atoms with Gasteiger partial charge in [-0.05, 0) is 41.0 Å². The van der Waals surface area contributed by atoms with Crippen LogP contribution in [0.5, 0.6) is 11.5 Å². The van der Waals surface area contributed by atoms with E-state index in [1.807, 2.05) is 36.4 Å². The zero-order chi connectivity index (χ0) is 20.5. The standard InChI is InChI=1S/C22H24N4O3/c1-28-19-8-7-18(11-20(19)29-2)21(25-14-16-5-3-9-23-12-16)22(27)26-15-17-6-4-10-24-13-17/h3-13,21,25H,14-15H2,1-2H3,(H,26,27). The first-order chi connectivity index (χ1) is 14.2. The molecule has 0 radical (unpaired) electrons. The Morgan fingerprint density at radius 1 is 0.931 bits per heavy atom. The minimum absolute atomic E-state index is 0.148. The zero-order valence-corrected chi connectivity index (χ0v) is 16.5. The Morgan fingerprint density at radius 3 is 2.17 bits per heavy atom. The molecule has 1 unspecified atom stereocenters. The van der Waals surface area contributed by atoms with Crippen molar-refractivity contribution in [3.8, 4) is 11.5 Å². The highest BCUT2D eigenvalue weighted by molar-refractivity contribution is 5.83. The van der Waals surface area contributed by atoms with Crippen LogP contribution in [0.1, 0.15) is 22.7 Å². The monoisotopic (exact) mass is 392 g/mol. The van der Waals surface area contributed by atoms with Crippen LogP contribution < -0.4 is 20.1 Å². The lowest BCUT2D eigenvalue weighted by molar-refractivity contribution is -0.123. The lowest BCUT2D eigenvalue weighted by atomic mass is 10.0. The minimum atomic E-state index is -0.577. The molecule has 7 heteroatoms. The first-order valence-corrected chi connectivity index (χ1v) is 9.22. The number of hydrogen-bond donors (Lipinski definition) is 2. The van der Waals surface area contributed by atoms with Crippen LogP contribution >= 0.6 is 0 Å². The van der Waals surface area contributed by atoms with Crippen molar-refractivity contribution in [2.45, 2.75) is 19.1 Å². The number of nitrogens with zero attached hydrogens (tertiary/aromatic N) is 2. The van der Waals surface area contributed by atoms with Gasteiger partial charge < -0.3 is 14.8 Å². The number of nitrogens with one attached hydrogen (secondary N) is 2. The molecule has 150 valence electrons. The number of ether oxygens (including phenoxy) is 2. The van der Waals surface area contributed by atoms with Crippen LogP contribution in [0.2, 0.25) is 0 Å². The molecule has 0 fully saturated rings. The molecule has 1 atom stereocenters. The fourth-order valence-electron chi connectivity index (χ4n) is 2.91. The summed E-state index contributed by atoms with van der Waals surface area (Å²) in [7, 11) is 3.15. The van der Waals surface area contributed by atoms with Crippen molar-refractivity contribution in [3.05, 3.63) is 83.9 Å². The van der Waals surface area contributed by atoms with Crippen molar-refractivity contribution in [1.29, 1.82) is 0 Å². The Kier molecular flexibility index (Phi) is 7.13. The molecular weight excluding hydrogens is 368 g/mol. The number of rotatable bonds is 9. The highest BCUT2D eigenvalue weighted by atomic mass is 16.5. The number of aromatic nitrogens is 2. The molecule has 7 nitrogen and oxygen atoms in total. The van der Waals surface area contributed by atoms with E-state index >= 15 is 0 Å². The third-order valence-corrected chi connectivity index (χ3v) is 4.43. The Hall–Kier alpha value is -3.45. The molecule has 0 aliphatic rings. The van der Waals surface area contributed by atoms with E-state index in [-0.39, 0.29) is 5.91 Å². The highest BCUT2D eigenvalue weighted by Crippen LogP contribution is 2.30. The molecular formula is C22H24N4O3. The maximum atomic E-state index is 13.0. The number of carbonyl (C=O) groups is 1. The summed E-state index contributed by atoms with van der Waals surface area (Å²) in [4.78, 5) is 21.2. The Balaban J connectivity index is 1.79. The fraction of sp³-hybridized carbons (Fsp3) is 0.227. The van der Waals surface area contributed by atoms with Gasteiger partial charge in [0.25, 0.3) is 0 Å². The van der Waals surface area contributed by atoms with E-state index < -0.39 is 6.04 Å². The number of carbonyl (C=O) groups excluding carboxylic acids is 1. The van der Waals surface area contributed by atoms with Crippen LogP contribution in [0.15, 0.2) is 67.3 Å². The second kappa shape index (κ2) is 10.2. The van der Waals surface area contributed by atoms with Crippen molar-refractivity contribution in [2.75, 3.05) is 14.2 Å². The second-order valence-electron chi connectivity index (χ2n) is 6.37. The van der Waals surface area contributed by atoms with E-state index in [0.29, 0.717) is 24.6 Å². The van der Waals surface area contributed by atoms with Crippen molar-refractivity contribution in [3.63, 3.8) is 0 Å². The molecule has 0 saturated carbocycles. The van der Waals surface area contributed by atoms with E-state index in [9.17, 15) is 4.79 Å². The lowest BCUT2D eigenvalue weighted by Gasteiger charge is -2.20. The van der Waals surface area contributed by atoms with Crippen molar-refractivity contribution in [2.24, 2.45) is 0 Å². The molecule has 2 heterocycles. The largest absolute Gasteiger partial charge is 0.493 e. The quantitative estimate of drug-likeness (QED) is 0.582. The summed E-state index contributed by atoms with van der Waals surface area (Å²) >= 11 is 0. The fourth-order valence-corrected chi connectivity index (χ4v) is 2.91. The summed E-state index contributed by atoms with van der Waals surface area (Å²) in [5.41, 5.74) is 2.69. The molecule has 1 amide bonds. The van der Waals surface area contributed by atoms with Gasteiger partial charge in [-0.15, -0.1) is 0 Å². The first-order valence-electron chi connectivity index (χ1n) is 9.22. The van der Waals surface area contributed by atoms with Crippen LogP contribution in [0.3, 0.4) is 0 Å². The summed E-state index contributed by atoms with van der Waals surface area (Å²) in [6.45, 7) is 0.887. The zero-order valence-electron chi connectivity index (χ0n) is 16.5. The maximum Gasteiger partial charge on any atom is 0.242 e. The predicted octanol–water partition coefficient (Wildman–Crippen LogP) is 2.64. The van der Waals surface area contributed by atoms with Gasteiger partial charge in [0.05, 0.1) is 14.2 Å². The van der Waals surface area contributed by atoms with Crippen molar-refractivity contribution < 1.29 is 14.3 Å². The first kappa shape index (κ1) is 20.3. The molecule has 0 spiro atoms. The van der Waals surface area contributed by atoms with Crippen molar-refractivity contribution in [1.82, 2.24) is 20.6 Å². The van der Waals surface area contributed by atoms with Gasteiger partial charge in [-0.2, -0.15) is 0 Å². The average Bonchev–Trinajstić information content (AvgIpc) is 2.79. The molecule has 2 N–H and O–H groups in total. The van der Waals surface area contributed by atoms with Gasteiger partial charge in [-0.25, -0.2) is 0 Å². The Morgan fingerprint density at radius 2 is 1.59 bits per heavy atom. The number of amides is 1. The molecule has 0 saturated heterocycles. The minimum Gasteiger partial charge on any atom is -0.493 e. The van der Waals surface area contributed by atoms with E-state index in [1.54, 1.807) is 45.1 Å². The van der Waals surface area contributed by atoms with Crippen LogP contribution in [0.4, 0.5) is 0 Å². The molecule has 3 aromatic rings. The van der Waals surface area contributed by atoms with Gasteiger partial charge in [0.15, 0.2) is 11.5 Å². The Bertz CT molecular complexity index is 920. The number of methoxy groups -OCH3 is 2. The molecule has 29 heavy (non-hydrogen) atoms. The van der Waals surface area contributed by atoms with Crippen molar-refractivity contribution >= 4 is 5.91 Å². The predicted molar refractivity (Wildman–Crippen MR) is 109 cm³/mol. The third-order valence-electron chi connectivity index (χ3n) is 4.43. The molecule has 0 bridgehead atoms. The normalized spacial score (nSPS) is 11.5. The van der Waals surface area contributed by atoms with Gasteiger partial charge in [0.1, 0.15) is 6.04 Å². The van der Waals surface area contributed by atoms with Crippen LogP contribution in [-0.4, -0.2) is 30.1 Å². The van der Waals surface area contributed by atoms with Crippen LogP contribution in [-0.2, 0) is 17.9 Å². The summed E-state index contributed by atoms with van der Waals surface area (Å²) in [5, 5.41) is 6.28. The van der Waals surface area contributed by atoms with Gasteiger partial charge in [-0.3, -0.25) is 20.1 Å². The lowest BCUT2D eigenvalue weighted by Crippen LogP contribution is -2.37.